The lowest BCUT2D eigenvalue weighted by Gasteiger charge is -2.08. The van der Waals surface area contributed by atoms with Gasteiger partial charge in [0.15, 0.2) is 0 Å². The maximum Gasteiger partial charge on any atom is 0.241 e. The number of hydrogen-bond donors (Lipinski definition) is 3. The molecule has 140 valence electrons. The molecule has 10 heteroatoms. The van der Waals surface area contributed by atoms with Crippen LogP contribution in [0.5, 0.6) is 0 Å². The topological polar surface area (TPSA) is 104 Å². The number of halogens is 1. The lowest BCUT2D eigenvalue weighted by atomic mass is 10.3. The number of amides is 2. The molecule has 0 unspecified atom stereocenters. The first-order chi connectivity index (χ1) is 12.4. The Bertz CT molecular complexity index is 837. The highest BCUT2D eigenvalue weighted by Crippen LogP contribution is 2.09. The summed E-state index contributed by atoms with van der Waals surface area (Å²) in [6.07, 6.45) is 0.703. The van der Waals surface area contributed by atoms with Crippen molar-refractivity contribution in [1.29, 1.82) is 0 Å². The molecule has 1 aromatic heterocycles. The summed E-state index contributed by atoms with van der Waals surface area (Å²) in [5.41, 5.74) is 0. The second kappa shape index (κ2) is 9.41. The van der Waals surface area contributed by atoms with Crippen LogP contribution >= 0.6 is 11.3 Å². The zero-order valence-corrected chi connectivity index (χ0v) is 15.3. The number of benzene rings is 1. The van der Waals surface area contributed by atoms with Gasteiger partial charge in [-0.2, -0.15) is 0 Å². The molecule has 7 nitrogen and oxygen atoms in total. The van der Waals surface area contributed by atoms with Crippen molar-refractivity contribution in [3.63, 3.8) is 0 Å². The normalized spacial score (nSPS) is 11.1. The number of carbonyl (C=O) groups is 2. The van der Waals surface area contributed by atoms with Crippen LogP contribution in [0.2, 0.25) is 0 Å². The molecule has 0 radical (unpaired) electrons. The Hall–Kier alpha value is -2.30. The molecule has 0 aliphatic carbocycles. The maximum absolute atomic E-state index is 12.8. The van der Waals surface area contributed by atoms with Crippen molar-refractivity contribution in [2.24, 2.45) is 0 Å². The van der Waals surface area contributed by atoms with Crippen LogP contribution in [-0.4, -0.2) is 39.9 Å². The van der Waals surface area contributed by atoms with Crippen LogP contribution in [-0.2, 0) is 26.0 Å². The van der Waals surface area contributed by atoms with E-state index in [2.05, 4.69) is 15.4 Å². The lowest BCUT2D eigenvalue weighted by molar-refractivity contribution is -0.125. The number of hydrogen-bond acceptors (Lipinski definition) is 5. The molecule has 3 N–H and O–H groups in total. The number of sulfonamides is 1. The first-order valence-electron chi connectivity index (χ1n) is 7.68. The van der Waals surface area contributed by atoms with Gasteiger partial charge < -0.3 is 10.6 Å². The van der Waals surface area contributed by atoms with Gasteiger partial charge in [-0.25, -0.2) is 17.5 Å². The van der Waals surface area contributed by atoms with Gasteiger partial charge in [0, 0.05) is 11.4 Å². The van der Waals surface area contributed by atoms with E-state index in [0.717, 1.165) is 29.1 Å². The van der Waals surface area contributed by atoms with Crippen LogP contribution in [0.25, 0.3) is 0 Å². The second-order valence-electron chi connectivity index (χ2n) is 5.23. The Labute approximate surface area is 154 Å². The summed E-state index contributed by atoms with van der Waals surface area (Å²) in [5, 5.41) is 6.93. The van der Waals surface area contributed by atoms with E-state index in [-0.39, 0.29) is 17.3 Å². The maximum atomic E-state index is 12.8. The van der Waals surface area contributed by atoms with Crippen molar-refractivity contribution in [2.75, 3.05) is 19.6 Å². The van der Waals surface area contributed by atoms with E-state index in [1.807, 2.05) is 17.5 Å². The molecular formula is C16H18FN3O4S2. The van der Waals surface area contributed by atoms with Gasteiger partial charge >= 0.3 is 0 Å². The van der Waals surface area contributed by atoms with E-state index in [0.29, 0.717) is 13.0 Å². The molecule has 0 spiro atoms. The van der Waals surface area contributed by atoms with Gasteiger partial charge in [0.2, 0.25) is 21.8 Å². The van der Waals surface area contributed by atoms with Crippen molar-refractivity contribution in [1.82, 2.24) is 15.4 Å². The van der Waals surface area contributed by atoms with Gasteiger partial charge in [-0.1, -0.05) is 6.07 Å². The van der Waals surface area contributed by atoms with Crippen molar-refractivity contribution >= 4 is 33.2 Å². The van der Waals surface area contributed by atoms with Crippen molar-refractivity contribution in [2.45, 2.75) is 11.3 Å². The monoisotopic (exact) mass is 399 g/mol. The molecule has 0 atom stereocenters. The first-order valence-corrected chi connectivity index (χ1v) is 10.0. The quantitative estimate of drug-likeness (QED) is 0.576. The molecule has 0 saturated carbocycles. The molecule has 0 aliphatic rings. The molecule has 1 heterocycles. The van der Waals surface area contributed by atoms with Crippen LogP contribution in [0.15, 0.2) is 46.7 Å². The Morgan fingerprint density at radius 1 is 1.00 bits per heavy atom. The molecule has 1 aromatic carbocycles. The Balaban J connectivity index is 1.67. The second-order valence-corrected chi connectivity index (χ2v) is 8.03. The highest BCUT2D eigenvalue weighted by Gasteiger charge is 2.15. The minimum Gasteiger partial charge on any atom is -0.354 e. The first kappa shape index (κ1) is 20.0. The summed E-state index contributed by atoms with van der Waals surface area (Å²) in [5.74, 6) is -1.58. The number of rotatable bonds is 9. The van der Waals surface area contributed by atoms with Gasteiger partial charge in [0.25, 0.3) is 0 Å². The van der Waals surface area contributed by atoms with E-state index in [9.17, 15) is 22.4 Å². The SMILES string of the molecule is O=C(CNC(=O)CNS(=O)(=O)c1ccc(F)cc1)NCCc1cccs1. The molecule has 2 rings (SSSR count). The van der Waals surface area contributed by atoms with E-state index in [4.69, 9.17) is 0 Å². The Morgan fingerprint density at radius 3 is 2.35 bits per heavy atom. The average molecular weight is 399 g/mol. The average Bonchev–Trinajstić information content (AvgIpc) is 3.12. The van der Waals surface area contributed by atoms with Gasteiger partial charge in [-0.3, -0.25) is 9.59 Å². The van der Waals surface area contributed by atoms with Crippen molar-refractivity contribution in [3.8, 4) is 0 Å². The van der Waals surface area contributed by atoms with Crippen LogP contribution < -0.4 is 15.4 Å². The smallest absolute Gasteiger partial charge is 0.241 e. The fourth-order valence-corrected chi connectivity index (χ4v) is 3.63. The summed E-state index contributed by atoms with van der Waals surface area (Å²) >= 11 is 1.59. The van der Waals surface area contributed by atoms with Crippen LogP contribution in [0, 0.1) is 5.82 Å². The minimum absolute atomic E-state index is 0.155. The third-order valence-electron chi connectivity index (χ3n) is 3.27. The zero-order valence-electron chi connectivity index (χ0n) is 13.7. The van der Waals surface area contributed by atoms with E-state index >= 15 is 0 Å². The molecular weight excluding hydrogens is 381 g/mol. The number of carbonyl (C=O) groups excluding carboxylic acids is 2. The van der Waals surface area contributed by atoms with Crippen LogP contribution in [0.3, 0.4) is 0 Å². The molecule has 0 aliphatic heterocycles. The van der Waals surface area contributed by atoms with Crippen molar-refractivity contribution < 1.29 is 22.4 Å². The molecule has 0 bridgehead atoms. The highest BCUT2D eigenvalue weighted by molar-refractivity contribution is 7.89. The molecule has 0 saturated heterocycles. The van der Waals surface area contributed by atoms with Gasteiger partial charge in [0.05, 0.1) is 18.0 Å². The largest absolute Gasteiger partial charge is 0.354 e. The fraction of sp³-hybridized carbons (Fsp3) is 0.250. The molecule has 26 heavy (non-hydrogen) atoms. The third kappa shape index (κ3) is 6.54. The lowest BCUT2D eigenvalue weighted by Crippen LogP contribution is -2.42. The van der Waals surface area contributed by atoms with Crippen LogP contribution in [0.4, 0.5) is 4.39 Å². The van der Waals surface area contributed by atoms with Gasteiger partial charge in [-0.05, 0) is 42.1 Å². The minimum atomic E-state index is -3.93. The predicted octanol–water partition coefficient (Wildman–Crippen LogP) is 0.641. The van der Waals surface area contributed by atoms with E-state index in [1.165, 1.54) is 0 Å². The Kier molecular flexibility index (Phi) is 7.25. The molecule has 0 fully saturated rings. The van der Waals surface area contributed by atoms with Crippen LogP contribution in [0.1, 0.15) is 4.88 Å². The molecule has 2 amide bonds. The molecule has 2 aromatic rings. The zero-order chi connectivity index (χ0) is 19.0. The standard InChI is InChI=1S/C16H18FN3O4S2/c17-12-3-5-14(6-4-12)26(23,24)20-11-16(22)19-10-15(21)18-8-7-13-2-1-9-25-13/h1-6,9,20H,7-8,10-11H2,(H,18,21)(H,19,22). The summed E-state index contributed by atoms with van der Waals surface area (Å²) in [6, 6.07) is 8.10. The summed E-state index contributed by atoms with van der Waals surface area (Å²) in [7, 11) is -3.93. The van der Waals surface area contributed by atoms with Gasteiger partial charge in [-0.15, -0.1) is 11.3 Å². The van der Waals surface area contributed by atoms with Crippen molar-refractivity contribution in [3.05, 3.63) is 52.5 Å². The van der Waals surface area contributed by atoms with Gasteiger partial charge in [0.1, 0.15) is 5.82 Å². The number of nitrogens with one attached hydrogen (secondary N) is 3. The summed E-state index contributed by atoms with van der Waals surface area (Å²) < 4.78 is 38.8. The number of thiophene rings is 1. The van der Waals surface area contributed by atoms with E-state index in [1.54, 1.807) is 11.3 Å². The Morgan fingerprint density at radius 2 is 1.69 bits per heavy atom. The highest BCUT2D eigenvalue weighted by atomic mass is 32.2. The third-order valence-corrected chi connectivity index (χ3v) is 5.62. The van der Waals surface area contributed by atoms with E-state index < -0.39 is 28.3 Å². The summed E-state index contributed by atoms with van der Waals surface area (Å²) in [4.78, 5) is 24.3. The fourth-order valence-electron chi connectivity index (χ4n) is 1.94. The predicted molar refractivity (Wildman–Crippen MR) is 95.6 cm³/mol. The summed E-state index contributed by atoms with van der Waals surface area (Å²) in [6.45, 7) is -0.323.